The fraction of sp³-hybridized carbons (Fsp3) is 0.529. The van der Waals surface area contributed by atoms with E-state index in [9.17, 15) is 9.59 Å². The lowest BCUT2D eigenvalue weighted by Gasteiger charge is -2.32. The van der Waals surface area contributed by atoms with Crippen LogP contribution in [0.4, 0.5) is 0 Å². The smallest absolute Gasteiger partial charge is 0.335 e. The second-order valence-electron chi connectivity index (χ2n) is 6.20. The van der Waals surface area contributed by atoms with Crippen LogP contribution in [0.5, 0.6) is 0 Å². The van der Waals surface area contributed by atoms with Crippen molar-refractivity contribution in [2.45, 2.75) is 52.1 Å². The maximum absolute atomic E-state index is 12.6. The van der Waals surface area contributed by atoms with Gasteiger partial charge in [-0.05, 0) is 43.4 Å². The standard InChI is InChI=1S/C17H23NO3/c1-11(2)12(3)18(15-8-9-15)16(19)10-13-4-6-14(7-5-13)17(20)21/h4-7,11-12,15H,8-10H2,1-3H3,(H,20,21). The average Bonchev–Trinajstić information content (AvgIpc) is 3.24. The Hall–Kier alpha value is -1.84. The van der Waals surface area contributed by atoms with Crippen LogP contribution >= 0.6 is 0 Å². The highest BCUT2D eigenvalue weighted by molar-refractivity contribution is 5.87. The maximum Gasteiger partial charge on any atom is 0.335 e. The van der Waals surface area contributed by atoms with E-state index < -0.39 is 5.97 Å². The lowest BCUT2D eigenvalue weighted by molar-refractivity contribution is -0.134. The van der Waals surface area contributed by atoms with Gasteiger partial charge in [0.15, 0.2) is 0 Å². The van der Waals surface area contributed by atoms with Crippen molar-refractivity contribution in [1.29, 1.82) is 0 Å². The van der Waals surface area contributed by atoms with Crippen molar-refractivity contribution in [2.24, 2.45) is 5.92 Å². The van der Waals surface area contributed by atoms with Gasteiger partial charge in [0.1, 0.15) is 0 Å². The van der Waals surface area contributed by atoms with Crippen molar-refractivity contribution in [3.05, 3.63) is 35.4 Å². The largest absolute Gasteiger partial charge is 0.478 e. The van der Waals surface area contributed by atoms with Crippen molar-refractivity contribution < 1.29 is 14.7 Å². The SMILES string of the molecule is CC(C)C(C)N(C(=O)Cc1ccc(C(=O)O)cc1)C1CC1. The van der Waals surface area contributed by atoms with E-state index in [-0.39, 0.29) is 17.5 Å². The number of carboxylic acid groups (broad SMARTS) is 1. The van der Waals surface area contributed by atoms with E-state index >= 15 is 0 Å². The van der Waals surface area contributed by atoms with Crippen LogP contribution in [-0.2, 0) is 11.2 Å². The first-order valence-electron chi connectivity index (χ1n) is 7.53. The van der Waals surface area contributed by atoms with Crippen LogP contribution in [0.3, 0.4) is 0 Å². The molecule has 0 saturated heterocycles. The molecule has 1 aromatic carbocycles. The molecule has 0 aliphatic heterocycles. The molecule has 1 unspecified atom stereocenters. The van der Waals surface area contributed by atoms with Crippen LogP contribution in [0, 0.1) is 5.92 Å². The minimum Gasteiger partial charge on any atom is -0.478 e. The average molecular weight is 289 g/mol. The molecule has 1 aliphatic rings. The summed E-state index contributed by atoms with van der Waals surface area (Å²) in [6, 6.07) is 7.20. The molecule has 1 N–H and O–H groups in total. The van der Waals surface area contributed by atoms with Gasteiger partial charge in [0.25, 0.3) is 0 Å². The van der Waals surface area contributed by atoms with Gasteiger partial charge in [-0.1, -0.05) is 26.0 Å². The third-order valence-corrected chi connectivity index (χ3v) is 4.19. The Morgan fingerprint density at radius 2 is 1.76 bits per heavy atom. The predicted molar refractivity (Wildman–Crippen MR) is 81.3 cm³/mol. The molecule has 0 radical (unpaired) electrons. The van der Waals surface area contributed by atoms with E-state index in [1.54, 1.807) is 24.3 Å². The summed E-state index contributed by atoms with van der Waals surface area (Å²) >= 11 is 0. The highest BCUT2D eigenvalue weighted by Gasteiger charge is 2.36. The van der Waals surface area contributed by atoms with Crippen LogP contribution in [0.25, 0.3) is 0 Å². The van der Waals surface area contributed by atoms with Gasteiger partial charge < -0.3 is 10.0 Å². The second-order valence-corrected chi connectivity index (χ2v) is 6.20. The first kappa shape index (κ1) is 15.5. The van der Waals surface area contributed by atoms with E-state index in [1.165, 1.54) is 0 Å². The molecule has 1 atom stereocenters. The molecule has 4 nitrogen and oxygen atoms in total. The summed E-state index contributed by atoms with van der Waals surface area (Å²) in [5.74, 6) is -0.369. The highest BCUT2D eigenvalue weighted by Crippen LogP contribution is 2.31. The van der Waals surface area contributed by atoms with Crippen molar-refractivity contribution in [3.8, 4) is 0 Å². The molecule has 0 bridgehead atoms. The lowest BCUT2D eigenvalue weighted by atomic mass is 10.0. The normalized spacial score (nSPS) is 15.8. The number of carboxylic acids is 1. The monoisotopic (exact) mass is 289 g/mol. The molecule has 0 heterocycles. The summed E-state index contributed by atoms with van der Waals surface area (Å²) in [5, 5.41) is 8.89. The number of hydrogen-bond donors (Lipinski definition) is 1. The first-order valence-corrected chi connectivity index (χ1v) is 7.53. The number of aromatic carboxylic acids is 1. The molecule has 2 rings (SSSR count). The summed E-state index contributed by atoms with van der Waals surface area (Å²) < 4.78 is 0. The van der Waals surface area contributed by atoms with Gasteiger partial charge in [-0.2, -0.15) is 0 Å². The zero-order valence-electron chi connectivity index (χ0n) is 12.9. The highest BCUT2D eigenvalue weighted by atomic mass is 16.4. The van der Waals surface area contributed by atoms with Gasteiger partial charge in [0.2, 0.25) is 5.91 Å². The fourth-order valence-electron chi connectivity index (χ4n) is 2.47. The van der Waals surface area contributed by atoms with Gasteiger partial charge >= 0.3 is 5.97 Å². The van der Waals surface area contributed by atoms with E-state index in [0.29, 0.717) is 18.4 Å². The molecule has 1 saturated carbocycles. The number of rotatable bonds is 6. The quantitative estimate of drug-likeness (QED) is 0.876. The minimum atomic E-state index is -0.944. The second kappa shape index (κ2) is 6.29. The van der Waals surface area contributed by atoms with Crippen molar-refractivity contribution in [1.82, 2.24) is 4.90 Å². The fourth-order valence-corrected chi connectivity index (χ4v) is 2.47. The number of carbonyl (C=O) groups excluding carboxylic acids is 1. The number of nitrogens with zero attached hydrogens (tertiary/aromatic N) is 1. The van der Waals surface area contributed by atoms with Crippen molar-refractivity contribution >= 4 is 11.9 Å². The van der Waals surface area contributed by atoms with Gasteiger partial charge in [0.05, 0.1) is 12.0 Å². The zero-order valence-corrected chi connectivity index (χ0v) is 12.9. The summed E-state index contributed by atoms with van der Waals surface area (Å²) in [6.07, 6.45) is 2.54. The summed E-state index contributed by atoms with van der Waals surface area (Å²) in [5.41, 5.74) is 1.12. The van der Waals surface area contributed by atoms with Crippen LogP contribution in [0.1, 0.15) is 49.5 Å². The maximum atomic E-state index is 12.6. The molecule has 1 amide bonds. The Morgan fingerprint density at radius 3 is 2.19 bits per heavy atom. The van der Waals surface area contributed by atoms with E-state index in [0.717, 1.165) is 18.4 Å². The first-order chi connectivity index (χ1) is 9.90. The molecular weight excluding hydrogens is 266 g/mol. The molecule has 4 heteroatoms. The number of carbonyl (C=O) groups is 2. The summed E-state index contributed by atoms with van der Waals surface area (Å²) in [7, 11) is 0. The molecule has 21 heavy (non-hydrogen) atoms. The predicted octanol–water partition coefficient (Wildman–Crippen LogP) is 2.96. The van der Waals surface area contributed by atoms with Gasteiger partial charge in [-0.15, -0.1) is 0 Å². The third kappa shape index (κ3) is 3.84. The van der Waals surface area contributed by atoms with Crippen LogP contribution in [-0.4, -0.2) is 34.0 Å². The summed E-state index contributed by atoms with van der Waals surface area (Å²) in [6.45, 7) is 6.37. The Bertz CT molecular complexity index is 517. The van der Waals surface area contributed by atoms with E-state index in [2.05, 4.69) is 20.8 Å². The van der Waals surface area contributed by atoms with Gasteiger partial charge in [-0.25, -0.2) is 4.79 Å². The Kier molecular flexibility index (Phi) is 4.66. The van der Waals surface area contributed by atoms with Crippen molar-refractivity contribution in [2.75, 3.05) is 0 Å². The molecule has 0 aromatic heterocycles. The van der Waals surface area contributed by atoms with Crippen LogP contribution in [0.2, 0.25) is 0 Å². The van der Waals surface area contributed by atoms with Gasteiger partial charge in [0, 0.05) is 12.1 Å². The molecule has 0 spiro atoms. The Balaban J connectivity index is 2.06. The van der Waals surface area contributed by atoms with E-state index in [1.807, 2.05) is 4.90 Å². The minimum absolute atomic E-state index is 0.141. The van der Waals surface area contributed by atoms with Gasteiger partial charge in [-0.3, -0.25) is 4.79 Å². The van der Waals surface area contributed by atoms with Crippen LogP contribution in [0.15, 0.2) is 24.3 Å². The molecule has 1 aliphatic carbocycles. The van der Waals surface area contributed by atoms with Crippen LogP contribution < -0.4 is 0 Å². The number of amides is 1. The van der Waals surface area contributed by atoms with E-state index in [4.69, 9.17) is 5.11 Å². The zero-order chi connectivity index (χ0) is 15.6. The molecular formula is C17H23NO3. The topological polar surface area (TPSA) is 57.6 Å². The number of hydrogen-bond acceptors (Lipinski definition) is 2. The lowest BCUT2D eigenvalue weighted by Crippen LogP contribution is -2.43. The summed E-state index contributed by atoms with van der Waals surface area (Å²) in [4.78, 5) is 25.4. The van der Waals surface area contributed by atoms with Crippen molar-refractivity contribution in [3.63, 3.8) is 0 Å². The number of benzene rings is 1. The third-order valence-electron chi connectivity index (χ3n) is 4.19. The Labute approximate surface area is 125 Å². The molecule has 114 valence electrons. The molecule has 1 fully saturated rings. The Morgan fingerprint density at radius 1 is 1.19 bits per heavy atom. The molecule has 1 aromatic rings.